The van der Waals surface area contributed by atoms with Crippen LogP contribution in [0.15, 0.2) is 24.3 Å². The van der Waals surface area contributed by atoms with Gasteiger partial charge in [-0.25, -0.2) is 0 Å². The number of benzene rings is 1. The second-order valence-corrected chi connectivity index (χ2v) is 6.21. The average molecular weight is 289 g/mol. The molecule has 1 aromatic rings. The highest BCUT2D eigenvalue weighted by Gasteiger charge is 2.24. The van der Waals surface area contributed by atoms with E-state index < -0.39 is 0 Å². The Balaban J connectivity index is 2.30. The summed E-state index contributed by atoms with van der Waals surface area (Å²) >= 11 is 0. The lowest BCUT2D eigenvalue weighted by Gasteiger charge is -2.35. The van der Waals surface area contributed by atoms with Gasteiger partial charge in [0.05, 0.1) is 0 Å². The van der Waals surface area contributed by atoms with Gasteiger partial charge in [0.1, 0.15) is 0 Å². The molecule has 0 radical (unpaired) electrons. The minimum absolute atomic E-state index is 0.407. The Labute approximate surface area is 130 Å². The van der Waals surface area contributed by atoms with Crippen molar-refractivity contribution in [3.63, 3.8) is 0 Å². The first-order valence-corrected chi connectivity index (χ1v) is 8.44. The van der Waals surface area contributed by atoms with Crippen molar-refractivity contribution in [1.82, 2.24) is 10.2 Å². The number of rotatable bonds is 5. The lowest BCUT2D eigenvalue weighted by atomic mass is 10.0. The summed E-state index contributed by atoms with van der Waals surface area (Å²) in [6.45, 7) is 11.3. The molecule has 0 aliphatic carbocycles. The molecule has 0 spiro atoms. The van der Waals surface area contributed by atoms with E-state index in [-0.39, 0.29) is 0 Å². The number of hydrogen-bond acceptors (Lipinski definition) is 3. The van der Waals surface area contributed by atoms with Gasteiger partial charge in [-0.3, -0.25) is 0 Å². The molecule has 1 N–H and O–H groups in total. The predicted octanol–water partition coefficient (Wildman–Crippen LogP) is 3.28. The Morgan fingerprint density at radius 2 is 2.00 bits per heavy atom. The lowest BCUT2D eigenvalue weighted by molar-refractivity contribution is 0.328. The van der Waals surface area contributed by atoms with Crippen molar-refractivity contribution in [1.29, 1.82) is 0 Å². The van der Waals surface area contributed by atoms with Crippen LogP contribution in [0.25, 0.3) is 0 Å². The molecule has 0 bridgehead atoms. The van der Waals surface area contributed by atoms with E-state index in [9.17, 15) is 0 Å². The Hall–Kier alpha value is -1.06. The molecule has 2 rings (SSSR count). The smallest absolute Gasteiger partial charge is 0.0417 e. The maximum absolute atomic E-state index is 3.56. The van der Waals surface area contributed by atoms with E-state index >= 15 is 0 Å². The quantitative estimate of drug-likeness (QED) is 0.897. The van der Waals surface area contributed by atoms with Crippen LogP contribution in [0.3, 0.4) is 0 Å². The van der Waals surface area contributed by atoms with Gasteiger partial charge in [-0.2, -0.15) is 0 Å². The summed E-state index contributed by atoms with van der Waals surface area (Å²) in [7, 11) is 2.25. The van der Waals surface area contributed by atoms with E-state index in [1.807, 2.05) is 0 Å². The monoisotopic (exact) mass is 289 g/mol. The van der Waals surface area contributed by atoms with Gasteiger partial charge >= 0.3 is 0 Å². The first-order chi connectivity index (χ1) is 10.2. The third kappa shape index (κ3) is 3.98. The van der Waals surface area contributed by atoms with E-state index in [2.05, 4.69) is 67.2 Å². The SMILES string of the molecule is CCNC(C)c1ccccc1N1CCCN(C)CC1CC. The van der Waals surface area contributed by atoms with Gasteiger partial charge in [0.25, 0.3) is 0 Å². The van der Waals surface area contributed by atoms with Crippen molar-refractivity contribution in [3.05, 3.63) is 29.8 Å². The first-order valence-electron chi connectivity index (χ1n) is 8.44. The van der Waals surface area contributed by atoms with Crippen molar-refractivity contribution >= 4 is 5.69 Å². The van der Waals surface area contributed by atoms with Crippen molar-refractivity contribution in [2.75, 3.05) is 38.1 Å². The number of nitrogens with zero attached hydrogens (tertiary/aromatic N) is 2. The first kappa shape index (κ1) is 16.3. The van der Waals surface area contributed by atoms with E-state index in [4.69, 9.17) is 0 Å². The molecular weight excluding hydrogens is 258 g/mol. The fourth-order valence-corrected chi connectivity index (χ4v) is 3.44. The van der Waals surface area contributed by atoms with Crippen LogP contribution < -0.4 is 10.2 Å². The number of para-hydroxylation sites is 1. The Kier molecular flexibility index (Phi) is 6.07. The summed E-state index contributed by atoms with van der Waals surface area (Å²) < 4.78 is 0. The minimum atomic E-state index is 0.407. The second kappa shape index (κ2) is 7.81. The molecule has 0 aromatic heterocycles. The van der Waals surface area contributed by atoms with Crippen LogP contribution in [-0.2, 0) is 0 Å². The van der Waals surface area contributed by atoms with Gasteiger partial charge in [-0.1, -0.05) is 32.0 Å². The molecule has 1 aliphatic rings. The molecular formula is C18H31N3. The zero-order valence-electron chi connectivity index (χ0n) is 14.1. The van der Waals surface area contributed by atoms with E-state index in [1.165, 1.54) is 43.7 Å². The van der Waals surface area contributed by atoms with Gasteiger partial charge in [0, 0.05) is 30.9 Å². The summed E-state index contributed by atoms with van der Waals surface area (Å²) in [4.78, 5) is 5.12. The Bertz CT molecular complexity index is 432. The highest BCUT2D eigenvalue weighted by molar-refractivity contribution is 5.56. The van der Waals surface area contributed by atoms with Crippen molar-refractivity contribution < 1.29 is 0 Å². The molecule has 1 aliphatic heterocycles. The molecule has 0 amide bonds. The molecule has 2 unspecified atom stereocenters. The maximum atomic E-state index is 3.56. The molecule has 1 aromatic carbocycles. The summed E-state index contributed by atoms with van der Waals surface area (Å²) in [6, 6.07) is 9.95. The van der Waals surface area contributed by atoms with Crippen molar-refractivity contribution in [2.24, 2.45) is 0 Å². The van der Waals surface area contributed by atoms with Crippen LogP contribution in [0, 0.1) is 0 Å². The number of likely N-dealkylation sites (N-methyl/N-ethyl adjacent to an activating group) is 1. The van der Waals surface area contributed by atoms with Crippen molar-refractivity contribution in [2.45, 2.75) is 45.7 Å². The molecule has 2 atom stereocenters. The summed E-state index contributed by atoms with van der Waals surface area (Å²) in [5.41, 5.74) is 2.86. The highest BCUT2D eigenvalue weighted by Crippen LogP contribution is 2.29. The molecule has 21 heavy (non-hydrogen) atoms. The van der Waals surface area contributed by atoms with Crippen LogP contribution in [0.5, 0.6) is 0 Å². The zero-order chi connectivity index (χ0) is 15.2. The lowest BCUT2D eigenvalue weighted by Crippen LogP contribution is -2.40. The molecule has 118 valence electrons. The summed E-state index contributed by atoms with van der Waals surface area (Å²) in [6.07, 6.45) is 2.45. The summed E-state index contributed by atoms with van der Waals surface area (Å²) in [5, 5.41) is 3.56. The Morgan fingerprint density at radius 1 is 1.24 bits per heavy atom. The third-order valence-electron chi connectivity index (χ3n) is 4.60. The molecule has 1 saturated heterocycles. The number of anilines is 1. The van der Waals surface area contributed by atoms with E-state index in [1.54, 1.807) is 0 Å². The number of hydrogen-bond donors (Lipinski definition) is 1. The summed E-state index contributed by atoms with van der Waals surface area (Å²) in [5.74, 6) is 0. The molecule has 3 nitrogen and oxygen atoms in total. The Morgan fingerprint density at radius 3 is 2.71 bits per heavy atom. The molecule has 0 saturated carbocycles. The zero-order valence-corrected chi connectivity index (χ0v) is 14.1. The van der Waals surface area contributed by atoms with E-state index in [0.29, 0.717) is 12.1 Å². The van der Waals surface area contributed by atoms with Crippen molar-refractivity contribution in [3.8, 4) is 0 Å². The predicted molar refractivity (Wildman–Crippen MR) is 92.1 cm³/mol. The largest absolute Gasteiger partial charge is 0.367 e. The molecule has 3 heteroatoms. The normalized spacial score (nSPS) is 22.1. The van der Waals surface area contributed by atoms with Gasteiger partial charge < -0.3 is 15.1 Å². The van der Waals surface area contributed by atoms with Crippen LogP contribution in [0.1, 0.15) is 45.2 Å². The molecule has 1 fully saturated rings. The molecule has 1 heterocycles. The van der Waals surface area contributed by atoms with Gasteiger partial charge in [-0.05, 0) is 51.5 Å². The topological polar surface area (TPSA) is 18.5 Å². The van der Waals surface area contributed by atoms with Crippen LogP contribution in [-0.4, -0.2) is 44.2 Å². The minimum Gasteiger partial charge on any atom is -0.367 e. The average Bonchev–Trinajstić information content (AvgIpc) is 2.68. The fourth-order valence-electron chi connectivity index (χ4n) is 3.44. The fraction of sp³-hybridized carbons (Fsp3) is 0.667. The van der Waals surface area contributed by atoms with Gasteiger partial charge in [0.15, 0.2) is 0 Å². The number of nitrogens with one attached hydrogen (secondary N) is 1. The van der Waals surface area contributed by atoms with Crippen LogP contribution >= 0.6 is 0 Å². The maximum Gasteiger partial charge on any atom is 0.0417 e. The third-order valence-corrected chi connectivity index (χ3v) is 4.60. The van der Waals surface area contributed by atoms with Crippen LogP contribution in [0.2, 0.25) is 0 Å². The van der Waals surface area contributed by atoms with Gasteiger partial charge in [-0.15, -0.1) is 0 Å². The van der Waals surface area contributed by atoms with Gasteiger partial charge in [0.2, 0.25) is 0 Å². The van der Waals surface area contributed by atoms with Crippen LogP contribution in [0.4, 0.5) is 5.69 Å². The second-order valence-electron chi connectivity index (χ2n) is 6.21. The highest BCUT2D eigenvalue weighted by atomic mass is 15.2. The standard InChI is InChI=1S/C18H31N3/c1-5-16-14-20(4)12-9-13-21(16)18-11-8-7-10-17(18)15(3)19-6-2/h7-8,10-11,15-16,19H,5-6,9,12-14H2,1-4H3. The van der Waals surface area contributed by atoms with E-state index in [0.717, 1.165) is 6.54 Å².